The van der Waals surface area contributed by atoms with Gasteiger partial charge in [-0.3, -0.25) is 9.79 Å². The van der Waals surface area contributed by atoms with Gasteiger partial charge in [0.05, 0.1) is 0 Å². The van der Waals surface area contributed by atoms with Crippen molar-refractivity contribution in [1.82, 2.24) is 15.5 Å². The fraction of sp³-hybridized carbons (Fsp3) is 0.333. The van der Waals surface area contributed by atoms with Crippen molar-refractivity contribution < 1.29 is 4.79 Å². The van der Waals surface area contributed by atoms with Gasteiger partial charge in [0, 0.05) is 39.3 Å². The summed E-state index contributed by atoms with van der Waals surface area (Å²) in [6, 6.07) is 17.9. The number of amides is 1. The first-order chi connectivity index (χ1) is 12.6. The molecule has 2 aromatic carbocycles. The lowest BCUT2D eigenvalue weighted by Gasteiger charge is -2.22. The zero-order chi connectivity index (χ0) is 18.8. The van der Waals surface area contributed by atoms with Gasteiger partial charge in [0.2, 0.25) is 0 Å². The normalized spacial score (nSPS) is 10.7. The third-order valence-corrected chi connectivity index (χ3v) is 4.15. The van der Waals surface area contributed by atoms with E-state index in [0.717, 1.165) is 18.9 Å². The lowest BCUT2D eigenvalue weighted by atomic mass is 10.1. The maximum atomic E-state index is 12.0. The molecule has 0 aliphatic heterocycles. The van der Waals surface area contributed by atoms with Crippen molar-refractivity contribution >= 4 is 35.8 Å². The molecule has 0 aromatic heterocycles. The molecule has 27 heavy (non-hydrogen) atoms. The van der Waals surface area contributed by atoms with Crippen LogP contribution in [0.25, 0.3) is 0 Å². The Morgan fingerprint density at radius 2 is 1.56 bits per heavy atom. The van der Waals surface area contributed by atoms with E-state index in [9.17, 15) is 4.79 Å². The van der Waals surface area contributed by atoms with Crippen LogP contribution in [0.1, 0.15) is 28.4 Å². The fourth-order valence-electron chi connectivity index (χ4n) is 2.66. The van der Waals surface area contributed by atoms with Crippen LogP contribution in [0.2, 0.25) is 0 Å². The number of carbonyl (C=O) groups excluding carboxylic acids is 1. The molecule has 0 saturated heterocycles. The minimum atomic E-state index is -0.0632. The number of halogens is 1. The van der Waals surface area contributed by atoms with Gasteiger partial charge in [-0.15, -0.1) is 24.0 Å². The molecule has 0 bridgehead atoms. The zero-order valence-corrected chi connectivity index (χ0v) is 18.6. The minimum Gasteiger partial charge on any atom is -0.354 e. The smallest absolute Gasteiger partial charge is 0.251 e. The Morgan fingerprint density at radius 1 is 0.963 bits per heavy atom. The molecule has 0 unspecified atom stereocenters. The maximum absolute atomic E-state index is 12.0. The summed E-state index contributed by atoms with van der Waals surface area (Å²) >= 11 is 0. The Bertz CT molecular complexity index is 717. The van der Waals surface area contributed by atoms with Gasteiger partial charge in [-0.2, -0.15) is 0 Å². The van der Waals surface area contributed by atoms with E-state index >= 15 is 0 Å². The number of rotatable bonds is 7. The predicted octanol–water partition coefficient (Wildman–Crippen LogP) is 3.30. The maximum Gasteiger partial charge on any atom is 0.251 e. The Labute approximate surface area is 179 Å². The number of hydrogen-bond acceptors (Lipinski definition) is 2. The Hall–Kier alpha value is -2.09. The molecule has 5 nitrogen and oxygen atoms in total. The first-order valence-electron chi connectivity index (χ1n) is 8.97. The van der Waals surface area contributed by atoms with E-state index in [4.69, 9.17) is 0 Å². The van der Waals surface area contributed by atoms with Crippen LogP contribution in [-0.4, -0.2) is 44.0 Å². The number of nitrogens with one attached hydrogen (secondary N) is 2. The molecule has 2 N–H and O–H groups in total. The highest BCUT2D eigenvalue weighted by molar-refractivity contribution is 14.0. The molecular formula is C21H29IN4O. The summed E-state index contributed by atoms with van der Waals surface area (Å²) in [5.74, 6) is 0.741. The van der Waals surface area contributed by atoms with Crippen LogP contribution in [0.4, 0.5) is 0 Å². The van der Waals surface area contributed by atoms with Crippen LogP contribution in [0.15, 0.2) is 59.6 Å². The van der Waals surface area contributed by atoms with E-state index in [1.165, 1.54) is 11.1 Å². The average molecular weight is 480 g/mol. The van der Waals surface area contributed by atoms with Crippen LogP contribution in [0, 0.1) is 0 Å². The van der Waals surface area contributed by atoms with E-state index in [0.29, 0.717) is 18.7 Å². The second kappa shape index (κ2) is 12.3. The molecule has 0 fully saturated rings. The van der Waals surface area contributed by atoms with Gasteiger partial charge in [-0.1, -0.05) is 49.4 Å². The highest BCUT2D eigenvalue weighted by Gasteiger charge is 2.07. The Kier molecular flexibility index (Phi) is 10.5. The highest BCUT2D eigenvalue weighted by atomic mass is 127. The van der Waals surface area contributed by atoms with E-state index in [1.807, 2.05) is 25.2 Å². The molecule has 0 aliphatic carbocycles. The molecule has 0 spiro atoms. The summed E-state index contributed by atoms with van der Waals surface area (Å²) in [4.78, 5) is 18.4. The molecule has 0 aliphatic rings. The van der Waals surface area contributed by atoms with Crippen molar-refractivity contribution in [2.45, 2.75) is 19.9 Å². The largest absolute Gasteiger partial charge is 0.354 e. The van der Waals surface area contributed by atoms with E-state index in [-0.39, 0.29) is 29.9 Å². The fourth-order valence-corrected chi connectivity index (χ4v) is 2.66. The lowest BCUT2D eigenvalue weighted by molar-refractivity contribution is 0.0954. The highest BCUT2D eigenvalue weighted by Crippen LogP contribution is 2.07. The second-order valence-corrected chi connectivity index (χ2v) is 6.12. The molecule has 0 atom stereocenters. The Balaban J connectivity index is 0.00000364. The van der Waals surface area contributed by atoms with Gasteiger partial charge in [0.25, 0.3) is 5.91 Å². The standard InChI is InChI=1S/C21H28N4O.HI/c1-4-17-10-12-18(13-11-17)16-25(3)21(22-2)24-15-14-23-20(26)19-8-6-5-7-9-19;/h5-13H,4,14-16H2,1-3H3,(H,22,24)(H,23,26);1H. The van der Waals surface area contributed by atoms with Crippen LogP contribution >= 0.6 is 24.0 Å². The molecular weight excluding hydrogens is 451 g/mol. The van der Waals surface area contributed by atoms with Crippen molar-refractivity contribution in [2.75, 3.05) is 27.2 Å². The number of hydrogen-bond donors (Lipinski definition) is 2. The van der Waals surface area contributed by atoms with Crippen LogP contribution in [-0.2, 0) is 13.0 Å². The minimum absolute atomic E-state index is 0. The van der Waals surface area contributed by atoms with Crippen LogP contribution in [0.3, 0.4) is 0 Å². The second-order valence-electron chi connectivity index (χ2n) is 6.12. The van der Waals surface area contributed by atoms with Gasteiger partial charge in [0.15, 0.2) is 5.96 Å². The van der Waals surface area contributed by atoms with Crippen molar-refractivity contribution in [3.05, 3.63) is 71.3 Å². The number of carbonyl (C=O) groups is 1. The summed E-state index contributed by atoms with van der Waals surface area (Å²) in [5.41, 5.74) is 3.25. The van der Waals surface area contributed by atoms with Crippen molar-refractivity contribution in [3.63, 3.8) is 0 Å². The van der Waals surface area contributed by atoms with Gasteiger partial charge >= 0.3 is 0 Å². The summed E-state index contributed by atoms with van der Waals surface area (Å²) in [7, 11) is 3.77. The summed E-state index contributed by atoms with van der Waals surface area (Å²) in [5, 5.41) is 6.18. The third-order valence-electron chi connectivity index (χ3n) is 4.15. The van der Waals surface area contributed by atoms with E-state index < -0.39 is 0 Å². The van der Waals surface area contributed by atoms with Crippen LogP contribution in [0.5, 0.6) is 0 Å². The number of aryl methyl sites for hydroxylation is 1. The van der Waals surface area contributed by atoms with Crippen molar-refractivity contribution in [3.8, 4) is 0 Å². The molecule has 0 saturated carbocycles. The molecule has 0 radical (unpaired) electrons. The molecule has 2 aromatic rings. The number of guanidine groups is 1. The number of aliphatic imine (C=N–C) groups is 1. The average Bonchev–Trinajstić information content (AvgIpc) is 2.69. The van der Waals surface area contributed by atoms with Crippen molar-refractivity contribution in [2.24, 2.45) is 4.99 Å². The SMILES string of the molecule is CCc1ccc(CN(C)C(=NC)NCCNC(=O)c2ccccc2)cc1.I. The third kappa shape index (κ3) is 7.58. The summed E-state index contributed by atoms with van der Waals surface area (Å²) in [6.07, 6.45) is 1.05. The molecule has 0 heterocycles. The predicted molar refractivity (Wildman–Crippen MR) is 123 cm³/mol. The lowest BCUT2D eigenvalue weighted by Crippen LogP contribution is -2.42. The van der Waals surface area contributed by atoms with Gasteiger partial charge in [-0.25, -0.2) is 0 Å². The Morgan fingerprint density at radius 3 is 2.15 bits per heavy atom. The van der Waals surface area contributed by atoms with E-state index in [2.05, 4.69) is 51.7 Å². The molecule has 1 amide bonds. The topological polar surface area (TPSA) is 56.7 Å². The first-order valence-corrected chi connectivity index (χ1v) is 8.97. The monoisotopic (exact) mass is 480 g/mol. The quantitative estimate of drug-likeness (QED) is 0.277. The van der Waals surface area contributed by atoms with Crippen molar-refractivity contribution in [1.29, 1.82) is 0 Å². The van der Waals surface area contributed by atoms with Gasteiger partial charge in [-0.05, 0) is 29.7 Å². The molecule has 6 heteroatoms. The number of nitrogens with zero attached hydrogens (tertiary/aromatic N) is 2. The van der Waals surface area contributed by atoms with Crippen LogP contribution < -0.4 is 10.6 Å². The molecule has 146 valence electrons. The molecule has 2 rings (SSSR count). The zero-order valence-electron chi connectivity index (χ0n) is 16.2. The van der Waals surface area contributed by atoms with Gasteiger partial charge in [0.1, 0.15) is 0 Å². The number of benzene rings is 2. The summed E-state index contributed by atoms with van der Waals surface area (Å²) in [6.45, 7) is 4.08. The van der Waals surface area contributed by atoms with E-state index in [1.54, 1.807) is 19.2 Å². The summed E-state index contributed by atoms with van der Waals surface area (Å²) < 4.78 is 0. The first kappa shape index (κ1) is 23.0. The van der Waals surface area contributed by atoms with Gasteiger partial charge < -0.3 is 15.5 Å².